The largest absolute Gasteiger partial charge is 0.359 e. The van der Waals surface area contributed by atoms with Gasteiger partial charge in [-0.1, -0.05) is 44.4 Å². The molecule has 0 atom stereocenters. The zero-order valence-corrected chi connectivity index (χ0v) is 13.7. The van der Waals surface area contributed by atoms with E-state index in [2.05, 4.69) is 10.6 Å². The highest BCUT2D eigenvalue weighted by atomic mass is 16.7. The maximum Gasteiger partial charge on any atom is 0.258 e. The fourth-order valence-electron chi connectivity index (χ4n) is 3.08. The van der Waals surface area contributed by atoms with Crippen LogP contribution in [0.15, 0.2) is 36.4 Å². The third-order valence-electron chi connectivity index (χ3n) is 4.55. The molecule has 0 aliphatic heterocycles. The number of para-hydroxylation sites is 1. The smallest absolute Gasteiger partial charge is 0.258 e. The number of aromatic nitrogens is 2. The van der Waals surface area contributed by atoms with Gasteiger partial charge in [0.1, 0.15) is 0 Å². The van der Waals surface area contributed by atoms with Crippen molar-refractivity contribution in [2.45, 2.75) is 46.0 Å². The van der Waals surface area contributed by atoms with E-state index in [-0.39, 0.29) is 11.3 Å². The van der Waals surface area contributed by atoms with E-state index in [1.807, 2.05) is 50.2 Å². The second kappa shape index (κ2) is 6.44. The number of amides is 1. The van der Waals surface area contributed by atoms with Gasteiger partial charge in [-0.05, 0) is 31.9 Å². The van der Waals surface area contributed by atoms with Crippen LogP contribution in [-0.2, 0) is 4.79 Å². The van der Waals surface area contributed by atoms with Gasteiger partial charge in [0.2, 0.25) is 5.88 Å². The van der Waals surface area contributed by atoms with Gasteiger partial charge >= 0.3 is 0 Å². The number of rotatable bonds is 4. The summed E-state index contributed by atoms with van der Waals surface area (Å²) in [5.74, 6) is 0.470. The molecule has 0 unspecified atom stereocenters. The topological polar surface area (TPSA) is 56.1 Å². The van der Waals surface area contributed by atoms with Crippen molar-refractivity contribution < 1.29 is 9.63 Å². The molecule has 1 aromatic carbocycles. The number of aryl methyl sites for hydroxylation is 1. The minimum absolute atomic E-state index is 0.0457. The number of hydrogen-bond donors (Lipinski definition) is 1. The van der Waals surface area contributed by atoms with Gasteiger partial charge in [0.25, 0.3) is 5.91 Å². The molecule has 3 rings (SSSR count). The molecule has 23 heavy (non-hydrogen) atoms. The van der Waals surface area contributed by atoms with Gasteiger partial charge in [0, 0.05) is 11.5 Å². The first kappa shape index (κ1) is 15.6. The summed E-state index contributed by atoms with van der Waals surface area (Å²) in [6.07, 6.45) is 5.25. The first-order valence-corrected chi connectivity index (χ1v) is 8.18. The first-order chi connectivity index (χ1) is 11.1. The first-order valence-electron chi connectivity index (χ1n) is 8.18. The van der Waals surface area contributed by atoms with Gasteiger partial charge in [-0.2, -0.15) is 15.3 Å². The molecule has 0 radical (unpaired) electrons. The summed E-state index contributed by atoms with van der Waals surface area (Å²) in [6, 6.07) is 11.5. The summed E-state index contributed by atoms with van der Waals surface area (Å²) in [5.41, 5.74) is 4.04. The molecule has 1 fully saturated rings. The molecule has 1 saturated carbocycles. The number of hydrogen-bond acceptors (Lipinski definition) is 3. The second-order valence-corrected chi connectivity index (χ2v) is 6.53. The molecule has 0 spiro atoms. The van der Waals surface area contributed by atoms with E-state index in [1.54, 1.807) is 4.68 Å². The minimum atomic E-state index is -0.328. The van der Waals surface area contributed by atoms with Crippen LogP contribution in [0, 0.1) is 12.3 Å². The van der Waals surface area contributed by atoms with Crippen molar-refractivity contribution in [1.29, 1.82) is 0 Å². The molecule has 1 aliphatic carbocycles. The highest BCUT2D eigenvalue weighted by Gasteiger charge is 2.35. The number of nitrogens with zero attached hydrogens (tertiary/aromatic N) is 2. The average molecular weight is 313 g/mol. The third kappa shape index (κ3) is 3.38. The fraction of sp³-hybridized carbons (Fsp3) is 0.444. The highest BCUT2D eigenvalue weighted by Crippen LogP contribution is 2.35. The second-order valence-electron chi connectivity index (χ2n) is 6.53. The van der Waals surface area contributed by atoms with Crippen molar-refractivity contribution in [3.05, 3.63) is 42.1 Å². The fourth-order valence-corrected chi connectivity index (χ4v) is 3.08. The Hall–Kier alpha value is -2.30. The number of carbonyl (C=O) groups excluding carboxylic acids is 1. The van der Waals surface area contributed by atoms with Crippen LogP contribution in [0.25, 0.3) is 5.69 Å². The predicted molar refractivity (Wildman–Crippen MR) is 88.3 cm³/mol. The summed E-state index contributed by atoms with van der Waals surface area (Å²) in [5, 5.41) is 4.43. The van der Waals surface area contributed by atoms with Crippen molar-refractivity contribution >= 4 is 5.91 Å². The minimum Gasteiger partial charge on any atom is -0.359 e. The van der Waals surface area contributed by atoms with E-state index in [9.17, 15) is 4.79 Å². The molecular formula is C18H23N3O2. The molecule has 1 N–H and O–H groups in total. The Morgan fingerprint density at radius 1 is 1.22 bits per heavy atom. The molecule has 1 heterocycles. The number of hydroxylamine groups is 1. The maximum atomic E-state index is 12.5. The molecule has 2 aromatic rings. The quantitative estimate of drug-likeness (QED) is 0.878. The van der Waals surface area contributed by atoms with Gasteiger partial charge < -0.3 is 4.84 Å². The predicted octanol–water partition coefficient (Wildman–Crippen LogP) is 3.56. The summed E-state index contributed by atoms with van der Waals surface area (Å²) >= 11 is 0. The Balaban J connectivity index is 1.72. The van der Waals surface area contributed by atoms with Crippen molar-refractivity contribution in [3.8, 4) is 11.6 Å². The van der Waals surface area contributed by atoms with Crippen LogP contribution in [-0.4, -0.2) is 15.7 Å². The van der Waals surface area contributed by atoms with Gasteiger partial charge in [-0.15, -0.1) is 0 Å². The highest BCUT2D eigenvalue weighted by molar-refractivity contribution is 5.81. The Morgan fingerprint density at radius 2 is 1.91 bits per heavy atom. The lowest BCUT2D eigenvalue weighted by molar-refractivity contribution is -0.139. The molecule has 1 aliphatic rings. The van der Waals surface area contributed by atoms with Crippen molar-refractivity contribution in [2.24, 2.45) is 5.41 Å². The van der Waals surface area contributed by atoms with Gasteiger partial charge in [-0.25, -0.2) is 0 Å². The summed E-state index contributed by atoms with van der Waals surface area (Å²) in [6.45, 7) is 3.92. The maximum absolute atomic E-state index is 12.5. The molecule has 5 heteroatoms. The Morgan fingerprint density at radius 3 is 2.61 bits per heavy atom. The van der Waals surface area contributed by atoms with Crippen molar-refractivity contribution in [2.75, 3.05) is 0 Å². The SMILES string of the molecule is Cc1cc(ONC(=O)C2(C)CCCCC2)n(-c2ccccc2)n1. The summed E-state index contributed by atoms with van der Waals surface area (Å²) in [4.78, 5) is 18.1. The van der Waals surface area contributed by atoms with E-state index >= 15 is 0 Å². The van der Waals surface area contributed by atoms with Gasteiger partial charge in [0.15, 0.2) is 0 Å². The standard InChI is InChI=1S/C18H23N3O2/c1-14-13-16(21(19-14)15-9-5-3-6-10-15)23-20-17(22)18(2)11-7-4-8-12-18/h3,5-6,9-10,13H,4,7-8,11-12H2,1-2H3,(H,20,22). The van der Waals surface area contributed by atoms with E-state index in [0.29, 0.717) is 5.88 Å². The molecule has 0 saturated heterocycles. The Bertz CT molecular complexity index is 673. The van der Waals surface area contributed by atoms with Crippen molar-refractivity contribution in [3.63, 3.8) is 0 Å². The normalized spacial score (nSPS) is 16.8. The lowest BCUT2D eigenvalue weighted by Crippen LogP contribution is -2.42. The van der Waals surface area contributed by atoms with Crippen LogP contribution in [0.3, 0.4) is 0 Å². The molecular weight excluding hydrogens is 290 g/mol. The lowest BCUT2D eigenvalue weighted by Gasteiger charge is -2.31. The van der Waals surface area contributed by atoms with E-state index in [4.69, 9.17) is 4.84 Å². The molecule has 122 valence electrons. The van der Waals surface area contributed by atoms with Crippen LogP contribution in [0.5, 0.6) is 5.88 Å². The van der Waals surface area contributed by atoms with Crippen LogP contribution < -0.4 is 10.3 Å². The van der Waals surface area contributed by atoms with Crippen LogP contribution in [0.2, 0.25) is 0 Å². The van der Waals surface area contributed by atoms with Gasteiger partial charge in [0.05, 0.1) is 11.4 Å². The molecule has 1 amide bonds. The number of nitrogens with one attached hydrogen (secondary N) is 1. The summed E-state index contributed by atoms with van der Waals surface area (Å²) in [7, 11) is 0. The monoisotopic (exact) mass is 313 g/mol. The molecule has 0 bridgehead atoms. The van der Waals surface area contributed by atoms with Crippen molar-refractivity contribution in [1.82, 2.24) is 15.3 Å². The van der Waals surface area contributed by atoms with Crippen LogP contribution in [0.1, 0.15) is 44.7 Å². The van der Waals surface area contributed by atoms with E-state index in [0.717, 1.165) is 37.1 Å². The Kier molecular flexibility index (Phi) is 4.37. The van der Waals surface area contributed by atoms with Crippen LogP contribution >= 0.6 is 0 Å². The van der Waals surface area contributed by atoms with Gasteiger partial charge in [-0.3, -0.25) is 4.79 Å². The van der Waals surface area contributed by atoms with E-state index < -0.39 is 0 Å². The number of benzene rings is 1. The van der Waals surface area contributed by atoms with Crippen LogP contribution in [0.4, 0.5) is 0 Å². The molecule has 5 nitrogen and oxygen atoms in total. The summed E-state index contributed by atoms with van der Waals surface area (Å²) < 4.78 is 1.69. The zero-order chi connectivity index (χ0) is 16.3. The number of carbonyl (C=O) groups is 1. The lowest BCUT2D eigenvalue weighted by atomic mass is 9.75. The zero-order valence-electron chi connectivity index (χ0n) is 13.7. The molecule has 1 aromatic heterocycles. The third-order valence-corrected chi connectivity index (χ3v) is 4.55. The Labute approximate surface area is 136 Å². The average Bonchev–Trinajstić information content (AvgIpc) is 2.95. The van der Waals surface area contributed by atoms with E-state index in [1.165, 1.54) is 6.42 Å².